The minimum absolute atomic E-state index is 0.0833. The molecule has 3 unspecified atom stereocenters. The Morgan fingerprint density at radius 1 is 1.43 bits per heavy atom. The Labute approximate surface area is 84.1 Å². The van der Waals surface area contributed by atoms with Crippen LogP contribution in [0, 0.1) is 16.7 Å². The number of hydrogen-bond donors (Lipinski definition) is 2. The molecule has 2 aliphatic rings. The summed E-state index contributed by atoms with van der Waals surface area (Å²) >= 11 is 0. The first-order chi connectivity index (χ1) is 6.26. The van der Waals surface area contributed by atoms with E-state index in [1.165, 1.54) is 0 Å². The third-order valence-electron chi connectivity index (χ3n) is 4.22. The van der Waals surface area contributed by atoms with Crippen molar-refractivity contribution in [2.24, 2.45) is 16.7 Å². The summed E-state index contributed by atoms with van der Waals surface area (Å²) in [5.41, 5.74) is -1.59. The molecule has 0 radical (unpaired) electrons. The van der Waals surface area contributed by atoms with Crippen LogP contribution >= 0.6 is 0 Å². The average molecular weight is 198 g/mol. The van der Waals surface area contributed by atoms with Crippen molar-refractivity contribution >= 4 is 5.78 Å². The number of carbonyl (C=O) groups excluding carboxylic acids is 1. The molecule has 2 N–H and O–H groups in total. The van der Waals surface area contributed by atoms with Gasteiger partial charge in [-0.1, -0.05) is 20.8 Å². The number of ketones is 1. The number of carbonyl (C=O) groups is 1. The highest BCUT2D eigenvalue weighted by atomic mass is 16.3. The number of fused-ring (bicyclic) bond motifs is 1. The Morgan fingerprint density at radius 3 is 2.43 bits per heavy atom. The minimum atomic E-state index is -1.02. The summed E-state index contributed by atoms with van der Waals surface area (Å²) in [6.07, 6.45) is 1.10. The van der Waals surface area contributed by atoms with E-state index in [0.29, 0.717) is 12.8 Å². The molecule has 2 rings (SSSR count). The molecule has 0 bridgehead atoms. The van der Waals surface area contributed by atoms with Gasteiger partial charge in [-0.25, -0.2) is 0 Å². The molecule has 0 aromatic heterocycles. The van der Waals surface area contributed by atoms with E-state index in [0.717, 1.165) is 0 Å². The van der Waals surface area contributed by atoms with Gasteiger partial charge in [-0.05, 0) is 11.8 Å². The maximum Gasteiger partial charge on any atom is 0.139 e. The SMILES string of the molecule is CC12CC(=O)C(C)(C)C1C(O)(CO)C2. The zero-order valence-corrected chi connectivity index (χ0v) is 9.00. The highest BCUT2D eigenvalue weighted by Gasteiger charge is 2.71. The van der Waals surface area contributed by atoms with Crippen LogP contribution in [-0.4, -0.2) is 28.2 Å². The summed E-state index contributed by atoms with van der Waals surface area (Å²) in [5, 5.41) is 19.3. The Hall–Kier alpha value is -0.410. The molecule has 80 valence electrons. The Bertz CT molecular complexity index is 297. The van der Waals surface area contributed by atoms with Gasteiger partial charge in [0.15, 0.2) is 0 Å². The molecule has 14 heavy (non-hydrogen) atoms. The van der Waals surface area contributed by atoms with Crippen LogP contribution < -0.4 is 0 Å². The van der Waals surface area contributed by atoms with Gasteiger partial charge in [0.25, 0.3) is 0 Å². The summed E-state index contributed by atoms with van der Waals surface area (Å²) < 4.78 is 0. The molecule has 3 atom stereocenters. The van der Waals surface area contributed by atoms with Gasteiger partial charge in [-0.3, -0.25) is 4.79 Å². The summed E-state index contributed by atoms with van der Waals surface area (Å²) in [4.78, 5) is 11.8. The van der Waals surface area contributed by atoms with Crippen LogP contribution in [0.1, 0.15) is 33.6 Å². The van der Waals surface area contributed by atoms with Crippen LogP contribution in [0.15, 0.2) is 0 Å². The molecule has 2 saturated carbocycles. The summed E-state index contributed by atoms with van der Waals surface area (Å²) in [6.45, 7) is 5.56. The van der Waals surface area contributed by atoms with Gasteiger partial charge in [0.1, 0.15) is 5.78 Å². The molecular formula is C11H18O3. The van der Waals surface area contributed by atoms with Crippen LogP contribution in [-0.2, 0) is 4.79 Å². The molecule has 0 aromatic rings. The Balaban J connectivity index is 2.38. The maximum absolute atomic E-state index is 11.8. The number of Topliss-reactive ketones (excluding diaryl/α,β-unsaturated/α-hetero) is 1. The van der Waals surface area contributed by atoms with E-state index in [1.54, 1.807) is 0 Å². The minimum Gasteiger partial charge on any atom is -0.393 e. The van der Waals surface area contributed by atoms with Crippen LogP contribution in [0.4, 0.5) is 0 Å². The molecule has 2 aliphatic carbocycles. The van der Waals surface area contributed by atoms with Gasteiger partial charge in [-0.2, -0.15) is 0 Å². The normalized spacial score (nSPS) is 50.1. The monoisotopic (exact) mass is 198 g/mol. The zero-order valence-electron chi connectivity index (χ0n) is 9.00. The Kier molecular flexibility index (Phi) is 1.73. The van der Waals surface area contributed by atoms with Crippen molar-refractivity contribution in [3.8, 4) is 0 Å². The standard InChI is InChI=1S/C11H18O3/c1-9(2)7(13)4-10(3)5-11(14,6-12)8(9)10/h8,12,14H,4-6H2,1-3H3. The van der Waals surface area contributed by atoms with Crippen LogP contribution in [0.5, 0.6) is 0 Å². The van der Waals surface area contributed by atoms with Gasteiger partial charge in [0.2, 0.25) is 0 Å². The maximum atomic E-state index is 11.8. The largest absolute Gasteiger partial charge is 0.393 e. The van der Waals surface area contributed by atoms with E-state index >= 15 is 0 Å². The molecule has 3 heteroatoms. The van der Waals surface area contributed by atoms with Crippen molar-refractivity contribution in [2.45, 2.75) is 39.2 Å². The molecule has 0 spiro atoms. The topological polar surface area (TPSA) is 57.5 Å². The van der Waals surface area contributed by atoms with Gasteiger partial charge < -0.3 is 10.2 Å². The van der Waals surface area contributed by atoms with Gasteiger partial charge in [0.05, 0.1) is 12.2 Å². The second-order valence-electron chi connectivity index (χ2n) is 5.85. The lowest BCUT2D eigenvalue weighted by Gasteiger charge is -2.58. The van der Waals surface area contributed by atoms with Gasteiger partial charge >= 0.3 is 0 Å². The predicted octanol–water partition coefficient (Wildman–Crippen LogP) is 0.735. The summed E-state index contributed by atoms with van der Waals surface area (Å²) in [5.74, 6) is 0.134. The number of aliphatic hydroxyl groups is 2. The van der Waals surface area contributed by atoms with Crippen molar-refractivity contribution in [1.29, 1.82) is 0 Å². The van der Waals surface area contributed by atoms with Crippen LogP contribution in [0.2, 0.25) is 0 Å². The lowest BCUT2D eigenvalue weighted by atomic mass is 9.49. The fourth-order valence-electron chi connectivity index (χ4n) is 4.03. The van der Waals surface area contributed by atoms with E-state index in [1.807, 2.05) is 20.8 Å². The number of hydrogen-bond acceptors (Lipinski definition) is 3. The van der Waals surface area contributed by atoms with Gasteiger partial charge in [-0.15, -0.1) is 0 Å². The molecular weight excluding hydrogens is 180 g/mol. The first-order valence-corrected chi connectivity index (χ1v) is 5.13. The van der Waals surface area contributed by atoms with Crippen LogP contribution in [0.3, 0.4) is 0 Å². The molecule has 0 amide bonds. The molecule has 0 aliphatic heterocycles. The number of aliphatic hydroxyl groups excluding tert-OH is 1. The molecule has 0 saturated heterocycles. The summed E-state index contributed by atoms with van der Waals surface area (Å²) in [7, 11) is 0. The molecule has 0 aromatic carbocycles. The lowest BCUT2D eigenvalue weighted by Crippen LogP contribution is -2.63. The van der Waals surface area contributed by atoms with E-state index in [4.69, 9.17) is 5.11 Å². The van der Waals surface area contributed by atoms with E-state index in [-0.39, 0.29) is 23.7 Å². The number of rotatable bonds is 1. The van der Waals surface area contributed by atoms with E-state index in [9.17, 15) is 9.90 Å². The average Bonchev–Trinajstić information content (AvgIpc) is 2.14. The third kappa shape index (κ3) is 0.920. The molecule has 3 nitrogen and oxygen atoms in total. The van der Waals surface area contributed by atoms with Crippen molar-refractivity contribution in [3.05, 3.63) is 0 Å². The quantitative estimate of drug-likeness (QED) is 0.653. The van der Waals surface area contributed by atoms with Crippen molar-refractivity contribution in [3.63, 3.8) is 0 Å². The second kappa shape index (κ2) is 2.39. The van der Waals surface area contributed by atoms with Crippen LogP contribution in [0.25, 0.3) is 0 Å². The summed E-state index contributed by atoms with van der Waals surface area (Å²) in [6, 6.07) is 0. The highest BCUT2D eigenvalue weighted by molar-refractivity contribution is 5.88. The second-order valence-corrected chi connectivity index (χ2v) is 5.85. The third-order valence-corrected chi connectivity index (χ3v) is 4.22. The highest BCUT2D eigenvalue weighted by Crippen LogP contribution is 2.67. The fourth-order valence-corrected chi connectivity index (χ4v) is 4.03. The smallest absolute Gasteiger partial charge is 0.139 e. The molecule has 2 fully saturated rings. The van der Waals surface area contributed by atoms with Crippen molar-refractivity contribution in [2.75, 3.05) is 6.61 Å². The zero-order chi connectivity index (χ0) is 10.8. The fraction of sp³-hybridized carbons (Fsp3) is 0.909. The first-order valence-electron chi connectivity index (χ1n) is 5.13. The van der Waals surface area contributed by atoms with Crippen molar-refractivity contribution in [1.82, 2.24) is 0 Å². The first kappa shape index (κ1) is 10.1. The van der Waals surface area contributed by atoms with Gasteiger partial charge in [0, 0.05) is 17.8 Å². The predicted molar refractivity (Wildman–Crippen MR) is 51.7 cm³/mol. The molecule has 0 heterocycles. The van der Waals surface area contributed by atoms with E-state index < -0.39 is 11.0 Å². The van der Waals surface area contributed by atoms with E-state index in [2.05, 4.69) is 0 Å². The Morgan fingerprint density at radius 2 is 2.00 bits per heavy atom. The van der Waals surface area contributed by atoms with Crippen molar-refractivity contribution < 1.29 is 15.0 Å². The lowest BCUT2D eigenvalue weighted by molar-refractivity contribution is -0.218.